The van der Waals surface area contributed by atoms with Gasteiger partial charge >= 0.3 is 0 Å². The van der Waals surface area contributed by atoms with Gasteiger partial charge in [-0.25, -0.2) is 0 Å². The first-order valence-electron chi connectivity index (χ1n) is 5.11. The van der Waals surface area contributed by atoms with Crippen LogP contribution in [0.5, 0.6) is 0 Å². The summed E-state index contributed by atoms with van der Waals surface area (Å²) < 4.78 is 0. The molecule has 72 valence electrons. The first kappa shape index (κ1) is 10.0. The smallest absolute Gasteiger partial charge is 0.0582 e. The molecule has 3 atom stereocenters. The standard InChI is InChI=1S/C10H21NO/c1-8-5-3-4-6-10(8)11-9(2)7-12/h8-12H,3-7H2,1-2H3/t8-,9-,10+/m1/s1. The van der Waals surface area contributed by atoms with Gasteiger partial charge < -0.3 is 10.4 Å². The maximum Gasteiger partial charge on any atom is 0.0582 e. The zero-order chi connectivity index (χ0) is 8.97. The van der Waals surface area contributed by atoms with Crippen molar-refractivity contribution in [2.75, 3.05) is 6.61 Å². The van der Waals surface area contributed by atoms with Crippen LogP contribution in [0.2, 0.25) is 0 Å². The Morgan fingerprint density at radius 2 is 2.08 bits per heavy atom. The molecule has 0 saturated heterocycles. The van der Waals surface area contributed by atoms with Gasteiger partial charge in [0.05, 0.1) is 6.61 Å². The molecule has 0 aromatic rings. The van der Waals surface area contributed by atoms with Crippen LogP contribution in [-0.4, -0.2) is 23.8 Å². The zero-order valence-corrected chi connectivity index (χ0v) is 8.21. The first-order chi connectivity index (χ1) is 5.74. The van der Waals surface area contributed by atoms with Crippen molar-refractivity contribution in [1.82, 2.24) is 5.32 Å². The van der Waals surface area contributed by atoms with Crippen LogP contribution in [0.1, 0.15) is 39.5 Å². The Bertz CT molecular complexity index is 127. The molecule has 1 fully saturated rings. The summed E-state index contributed by atoms with van der Waals surface area (Å²) in [7, 11) is 0. The fraction of sp³-hybridized carbons (Fsp3) is 1.00. The van der Waals surface area contributed by atoms with Crippen LogP contribution in [0.25, 0.3) is 0 Å². The Morgan fingerprint density at radius 3 is 2.67 bits per heavy atom. The minimum atomic E-state index is 0.253. The Hall–Kier alpha value is -0.0800. The second-order valence-electron chi connectivity index (χ2n) is 4.12. The van der Waals surface area contributed by atoms with Gasteiger partial charge in [0.15, 0.2) is 0 Å². The molecule has 0 aromatic heterocycles. The highest BCUT2D eigenvalue weighted by Crippen LogP contribution is 2.23. The van der Waals surface area contributed by atoms with Crippen LogP contribution < -0.4 is 5.32 Å². The number of aliphatic hydroxyl groups excluding tert-OH is 1. The number of rotatable bonds is 3. The quantitative estimate of drug-likeness (QED) is 0.675. The van der Waals surface area contributed by atoms with Gasteiger partial charge in [0.25, 0.3) is 0 Å². The lowest BCUT2D eigenvalue weighted by atomic mass is 9.85. The second-order valence-corrected chi connectivity index (χ2v) is 4.12. The molecule has 1 aliphatic carbocycles. The zero-order valence-electron chi connectivity index (χ0n) is 8.21. The molecular formula is C10H21NO. The van der Waals surface area contributed by atoms with Gasteiger partial charge in [-0.1, -0.05) is 19.8 Å². The second kappa shape index (κ2) is 4.83. The van der Waals surface area contributed by atoms with Gasteiger partial charge in [-0.05, 0) is 25.7 Å². The largest absolute Gasteiger partial charge is 0.395 e. The number of aliphatic hydroxyl groups is 1. The highest BCUT2D eigenvalue weighted by Gasteiger charge is 2.21. The van der Waals surface area contributed by atoms with Crippen LogP contribution in [0.3, 0.4) is 0 Å². The van der Waals surface area contributed by atoms with E-state index in [0.717, 1.165) is 5.92 Å². The minimum absolute atomic E-state index is 0.253. The van der Waals surface area contributed by atoms with Crippen LogP contribution in [0.4, 0.5) is 0 Å². The molecule has 1 rings (SSSR count). The summed E-state index contributed by atoms with van der Waals surface area (Å²) in [5.41, 5.74) is 0. The summed E-state index contributed by atoms with van der Waals surface area (Å²) in [5.74, 6) is 0.785. The molecule has 2 N–H and O–H groups in total. The lowest BCUT2D eigenvalue weighted by molar-refractivity contribution is 0.204. The van der Waals surface area contributed by atoms with E-state index in [1.807, 2.05) is 6.92 Å². The first-order valence-corrected chi connectivity index (χ1v) is 5.11. The van der Waals surface area contributed by atoms with Crippen molar-refractivity contribution in [3.63, 3.8) is 0 Å². The van der Waals surface area contributed by atoms with Crippen molar-refractivity contribution in [2.24, 2.45) is 5.92 Å². The van der Waals surface area contributed by atoms with E-state index in [1.54, 1.807) is 0 Å². The van der Waals surface area contributed by atoms with Crippen molar-refractivity contribution in [2.45, 2.75) is 51.6 Å². The summed E-state index contributed by atoms with van der Waals surface area (Å²) in [6.07, 6.45) is 5.36. The normalized spacial score (nSPS) is 33.2. The molecule has 0 bridgehead atoms. The van der Waals surface area contributed by atoms with Gasteiger partial charge in [-0.2, -0.15) is 0 Å². The molecule has 0 aliphatic heterocycles. The highest BCUT2D eigenvalue weighted by atomic mass is 16.3. The number of hydrogen-bond acceptors (Lipinski definition) is 2. The molecule has 0 unspecified atom stereocenters. The molecule has 2 nitrogen and oxygen atoms in total. The van der Waals surface area contributed by atoms with E-state index in [0.29, 0.717) is 6.04 Å². The molecule has 1 aliphatic rings. The van der Waals surface area contributed by atoms with Gasteiger partial charge in [0, 0.05) is 12.1 Å². The van der Waals surface area contributed by atoms with Crippen LogP contribution >= 0.6 is 0 Å². The summed E-state index contributed by atoms with van der Waals surface area (Å²) in [6.45, 7) is 4.60. The Labute approximate surface area is 75.4 Å². The molecular weight excluding hydrogens is 150 g/mol. The molecule has 0 aromatic carbocycles. The third-order valence-electron chi connectivity index (χ3n) is 2.88. The van der Waals surface area contributed by atoms with E-state index in [9.17, 15) is 0 Å². The van der Waals surface area contributed by atoms with Crippen molar-refractivity contribution in [3.8, 4) is 0 Å². The van der Waals surface area contributed by atoms with Crippen molar-refractivity contribution < 1.29 is 5.11 Å². The highest BCUT2D eigenvalue weighted by molar-refractivity contribution is 4.79. The van der Waals surface area contributed by atoms with E-state index >= 15 is 0 Å². The molecule has 0 heterocycles. The monoisotopic (exact) mass is 171 g/mol. The fourth-order valence-electron chi connectivity index (χ4n) is 1.98. The topological polar surface area (TPSA) is 32.3 Å². The number of hydrogen-bond donors (Lipinski definition) is 2. The van der Waals surface area contributed by atoms with Gasteiger partial charge in [0.2, 0.25) is 0 Å². The van der Waals surface area contributed by atoms with Crippen LogP contribution in [0, 0.1) is 5.92 Å². The lowest BCUT2D eigenvalue weighted by Crippen LogP contribution is -2.43. The molecule has 2 heteroatoms. The summed E-state index contributed by atoms with van der Waals surface area (Å²) in [4.78, 5) is 0. The Kier molecular flexibility index (Phi) is 4.02. The maximum atomic E-state index is 8.89. The van der Waals surface area contributed by atoms with E-state index in [1.165, 1.54) is 25.7 Å². The van der Waals surface area contributed by atoms with Crippen molar-refractivity contribution in [1.29, 1.82) is 0 Å². The molecule has 0 amide bonds. The third-order valence-corrected chi connectivity index (χ3v) is 2.88. The summed E-state index contributed by atoms with van der Waals surface area (Å²) in [5, 5.41) is 12.4. The summed E-state index contributed by atoms with van der Waals surface area (Å²) in [6, 6.07) is 0.899. The average molecular weight is 171 g/mol. The predicted octanol–water partition coefficient (Wildman–Crippen LogP) is 1.54. The lowest BCUT2D eigenvalue weighted by Gasteiger charge is -2.31. The minimum Gasteiger partial charge on any atom is -0.395 e. The van der Waals surface area contributed by atoms with Crippen LogP contribution in [0.15, 0.2) is 0 Å². The van der Waals surface area contributed by atoms with E-state index in [-0.39, 0.29) is 12.6 Å². The fourth-order valence-corrected chi connectivity index (χ4v) is 1.98. The SMILES string of the molecule is C[C@H](CO)N[C@H]1CCCC[C@H]1C. The molecule has 1 saturated carbocycles. The predicted molar refractivity (Wildman–Crippen MR) is 51.1 cm³/mol. The van der Waals surface area contributed by atoms with Crippen molar-refractivity contribution in [3.05, 3.63) is 0 Å². The Balaban J connectivity index is 2.28. The van der Waals surface area contributed by atoms with E-state index < -0.39 is 0 Å². The third kappa shape index (κ3) is 2.76. The van der Waals surface area contributed by atoms with Gasteiger partial charge in [-0.3, -0.25) is 0 Å². The molecule has 12 heavy (non-hydrogen) atoms. The molecule has 0 radical (unpaired) electrons. The number of nitrogens with one attached hydrogen (secondary N) is 1. The Morgan fingerprint density at radius 1 is 1.42 bits per heavy atom. The van der Waals surface area contributed by atoms with Gasteiger partial charge in [0.1, 0.15) is 0 Å². The van der Waals surface area contributed by atoms with Crippen molar-refractivity contribution >= 4 is 0 Å². The maximum absolute atomic E-state index is 8.89. The average Bonchev–Trinajstić information content (AvgIpc) is 2.09. The summed E-state index contributed by atoms with van der Waals surface area (Å²) >= 11 is 0. The molecule has 0 spiro atoms. The van der Waals surface area contributed by atoms with E-state index in [2.05, 4.69) is 12.2 Å². The van der Waals surface area contributed by atoms with Crippen LogP contribution in [-0.2, 0) is 0 Å². The van der Waals surface area contributed by atoms with E-state index in [4.69, 9.17) is 5.11 Å². The van der Waals surface area contributed by atoms with Gasteiger partial charge in [-0.15, -0.1) is 0 Å².